The van der Waals surface area contributed by atoms with Crippen molar-refractivity contribution < 1.29 is 4.43 Å². The van der Waals surface area contributed by atoms with E-state index >= 15 is 0 Å². The molecule has 2 rings (SSSR count). The van der Waals surface area contributed by atoms with Crippen LogP contribution in [0.3, 0.4) is 0 Å². The normalized spacial score (nSPS) is 13.7. The zero-order valence-electron chi connectivity index (χ0n) is 18.7. The van der Waals surface area contributed by atoms with Crippen LogP contribution in [0.4, 0.5) is 0 Å². The Morgan fingerprint density at radius 2 is 1.32 bits per heavy atom. The lowest BCUT2D eigenvalue weighted by molar-refractivity contribution is 0.194. The molecular formula is C25H39NOSi. The first-order valence-electron chi connectivity index (χ1n) is 10.6. The average Bonchev–Trinajstić information content (AvgIpc) is 2.65. The summed E-state index contributed by atoms with van der Waals surface area (Å²) in [4.78, 5) is 2.56. The highest BCUT2D eigenvalue weighted by Gasteiger charge is 2.37. The van der Waals surface area contributed by atoms with Gasteiger partial charge in [0.05, 0.1) is 0 Å². The van der Waals surface area contributed by atoms with Crippen molar-refractivity contribution in [2.24, 2.45) is 5.92 Å². The molecule has 0 heterocycles. The van der Waals surface area contributed by atoms with E-state index in [0.717, 1.165) is 32.7 Å². The predicted octanol–water partition coefficient (Wildman–Crippen LogP) is 6.74. The van der Waals surface area contributed by atoms with Crippen LogP contribution in [0.2, 0.25) is 18.1 Å². The van der Waals surface area contributed by atoms with Crippen LogP contribution in [0.5, 0.6) is 0 Å². The molecule has 0 unspecified atom stereocenters. The van der Waals surface area contributed by atoms with E-state index in [1.54, 1.807) is 0 Å². The molecule has 0 aliphatic rings. The van der Waals surface area contributed by atoms with Crippen LogP contribution >= 0.6 is 0 Å². The van der Waals surface area contributed by atoms with Crippen LogP contribution in [0.25, 0.3) is 0 Å². The van der Waals surface area contributed by atoms with Gasteiger partial charge >= 0.3 is 0 Å². The fourth-order valence-electron chi connectivity index (χ4n) is 2.95. The average molecular weight is 398 g/mol. The van der Waals surface area contributed by atoms with E-state index in [2.05, 4.69) is 106 Å². The second-order valence-corrected chi connectivity index (χ2v) is 14.5. The number of nitrogens with zero attached hydrogens (tertiary/aromatic N) is 1. The summed E-state index contributed by atoms with van der Waals surface area (Å²) in [6, 6.07) is 21.6. The van der Waals surface area contributed by atoms with Crippen LogP contribution in [0, 0.1) is 5.92 Å². The van der Waals surface area contributed by atoms with Crippen LogP contribution in [-0.4, -0.2) is 26.4 Å². The first-order chi connectivity index (χ1) is 13.2. The minimum Gasteiger partial charge on any atom is -0.417 e. The zero-order chi connectivity index (χ0) is 20.6. The predicted molar refractivity (Wildman–Crippen MR) is 124 cm³/mol. The summed E-state index contributed by atoms with van der Waals surface area (Å²) in [6.07, 6.45) is 1.16. The summed E-state index contributed by atoms with van der Waals surface area (Å²) < 4.78 is 6.44. The highest BCUT2D eigenvalue weighted by atomic mass is 28.4. The lowest BCUT2D eigenvalue weighted by atomic mass is 10.1. The SMILES string of the molecule is C[C@H](CCN(Cc1ccccc1)Cc1ccccc1)CO[Si](C)(C)C(C)(C)C. The van der Waals surface area contributed by atoms with Gasteiger partial charge in [-0.15, -0.1) is 0 Å². The van der Waals surface area contributed by atoms with Crippen molar-refractivity contribution in [2.45, 2.75) is 65.3 Å². The van der Waals surface area contributed by atoms with Gasteiger partial charge in [-0.3, -0.25) is 4.90 Å². The quantitative estimate of drug-likeness (QED) is 0.412. The van der Waals surface area contributed by atoms with Crippen molar-refractivity contribution in [3.63, 3.8) is 0 Å². The maximum Gasteiger partial charge on any atom is 0.191 e. The van der Waals surface area contributed by atoms with Crippen molar-refractivity contribution in [1.82, 2.24) is 4.90 Å². The number of benzene rings is 2. The zero-order valence-corrected chi connectivity index (χ0v) is 19.7. The third-order valence-electron chi connectivity index (χ3n) is 5.97. The van der Waals surface area contributed by atoms with E-state index in [0.29, 0.717) is 5.92 Å². The number of rotatable bonds is 10. The number of hydrogen-bond acceptors (Lipinski definition) is 2. The molecule has 0 aliphatic heterocycles. The summed E-state index contributed by atoms with van der Waals surface area (Å²) in [7, 11) is -1.66. The third-order valence-corrected chi connectivity index (χ3v) is 10.5. The van der Waals surface area contributed by atoms with E-state index in [1.807, 2.05) is 0 Å². The maximum absolute atomic E-state index is 6.44. The summed E-state index contributed by atoms with van der Waals surface area (Å²) in [6.45, 7) is 17.9. The summed E-state index contributed by atoms with van der Waals surface area (Å²) in [5.74, 6) is 0.572. The third kappa shape index (κ3) is 7.54. The molecule has 0 aliphatic carbocycles. The van der Waals surface area contributed by atoms with Gasteiger partial charge in [-0.25, -0.2) is 0 Å². The van der Waals surface area contributed by atoms with Gasteiger partial charge in [0.25, 0.3) is 0 Å². The van der Waals surface area contributed by atoms with Gasteiger partial charge in [0.1, 0.15) is 0 Å². The first-order valence-corrected chi connectivity index (χ1v) is 13.5. The van der Waals surface area contributed by atoms with Crippen molar-refractivity contribution >= 4 is 8.32 Å². The molecule has 0 radical (unpaired) electrons. The maximum atomic E-state index is 6.44. The van der Waals surface area contributed by atoms with Gasteiger partial charge in [-0.1, -0.05) is 88.4 Å². The molecule has 3 heteroatoms. The fourth-order valence-corrected chi connectivity index (χ4v) is 4.08. The molecule has 0 bridgehead atoms. The lowest BCUT2D eigenvalue weighted by Gasteiger charge is -2.37. The van der Waals surface area contributed by atoms with E-state index in [9.17, 15) is 0 Å². The van der Waals surface area contributed by atoms with Crippen molar-refractivity contribution in [1.29, 1.82) is 0 Å². The summed E-state index contributed by atoms with van der Waals surface area (Å²) in [5, 5.41) is 0.277. The second-order valence-electron chi connectivity index (χ2n) is 9.65. The molecule has 0 aromatic heterocycles. The van der Waals surface area contributed by atoms with E-state index in [-0.39, 0.29) is 5.04 Å². The molecule has 0 N–H and O–H groups in total. The van der Waals surface area contributed by atoms with Crippen LogP contribution in [0.15, 0.2) is 60.7 Å². The molecule has 0 saturated carbocycles. The molecule has 0 saturated heterocycles. The number of hydrogen-bond donors (Lipinski definition) is 0. The highest BCUT2D eigenvalue weighted by molar-refractivity contribution is 6.74. The Morgan fingerprint density at radius 3 is 1.75 bits per heavy atom. The Bertz CT molecular complexity index is 637. The summed E-state index contributed by atoms with van der Waals surface area (Å²) in [5.41, 5.74) is 2.76. The second kappa shape index (κ2) is 10.4. The van der Waals surface area contributed by atoms with Crippen LogP contribution in [-0.2, 0) is 17.5 Å². The minimum atomic E-state index is -1.66. The largest absolute Gasteiger partial charge is 0.417 e. The Labute approximate surface area is 174 Å². The molecule has 2 nitrogen and oxygen atoms in total. The van der Waals surface area contributed by atoms with Crippen molar-refractivity contribution in [2.75, 3.05) is 13.2 Å². The van der Waals surface area contributed by atoms with Crippen molar-refractivity contribution in [3.05, 3.63) is 71.8 Å². The molecule has 0 fully saturated rings. The monoisotopic (exact) mass is 397 g/mol. The fraction of sp³-hybridized carbons (Fsp3) is 0.520. The molecule has 0 amide bonds. The molecule has 154 valence electrons. The lowest BCUT2D eigenvalue weighted by Crippen LogP contribution is -2.42. The van der Waals surface area contributed by atoms with E-state index < -0.39 is 8.32 Å². The van der Waals surface area contributed by atoms with Gasteiger partial charge < -0.3 is 4.43 Å². The molecule has 1 atom stereocenters. The standard InChI is InChI=1S/C25H39NOSi/c1-22(21-27-28(5,6)25(2,3)4)17-18-26(19-23-13-9-7-10-14-23)20-24-15-11-8-12-16-24/h7-16,22H,17-21H2,1-6H3/t22-/m1/s1. The first kappa shape index (κ1) is 22.9. The van der Waals surface area contributed by atoms with E-state index in [1.165, 1.54) is 11.1 Å². The van der Waals surface area contributed by atoms with Gasteiger partial charge in [-0.2, -0.15) is 0 Å². The van der Waals surface area contributed by atoms with Gasteiger partial charge in [-0.05, 0) is 48.1 Å². The Morgan fingerprint density at radius 1 is 0.857 bits per heavy atom. The Kier molecular flexibility index (Phi) is 8.48. The smallest absolute Gasteiger partial charge is 0.191 e. The summed E-state index contributed by atoms with van der Waals surface area (Å²) >= 11 is 0. The van der Waals surface area contributed by atoms with Crippen LogP contribution < -0.4 is 0 Å². The van der Waals surface area contributed by atoms with Crippen molar-refractivity contribution in [3.8, 4) is 0 Å². The molecule has 2 aromatic carbocycles. The Hall–Kier alpha value is -1.42. The van der Waals surface area contributed by atoms with Crippen LogP contribution in [0.1, 0.15) is 45.2 Å². The van der Waals surface area contributed by atoms with E-state index in [4.69, 9.17) is 4.43 Å². The van der Waals surface area contributed by atoms with Gasteiger partial charge in [0.2, 0.25) is 0 Å². The highest BCUT2D eigenvalue weighted by Crippen LogP contribution is 2.36. The molecule has 28 heavy (non-hydrogen) atoms. The Balaban J connectivity index is 1.92. The van der Waals surface area contributed by atoms with Gasteiger partial charge in [0.15, 0.2) is 8.32 Å². The van der Waals surface area contributed by atoms with Gasteiger partial charge in [0, 0.05) is 19.7 Å². The molecule has 2 aromatic rings. The molecule has 0 spiro atoms. The topological polar surface area (TPSA) is 12.5 Å². The molecular weight excluding hydrogens is 358 g/mol. The minimum absolute atomic E-state index is 0.277.